The third-order valence-corrected chi connectivity index (χ3v) is 5.19. The molecule has 2 aliphatic rings. The Kier molecular flexibility index (Phi) is 6.79. The Balaban J connectivity index is 1.86. The molecule has 118 valence electrons. The van der Waals surface area contributed by atoms with E-state index in [1.165, 1.54) is 58.2 Å². The van der Waals surface area contributed by atoms with Crippen LogP contribution in [-0.4, -0.2) is 50.3 Å². The van der Waals surface area contributed by atoms with Crippen molar-refractivity contribution in [2.45, 2.75) is 64.5 Å². The maximum absolute atomic E-state index is 5.57. The first-order valence-corrected chi connectivity index (χ1v) is 8.71. The van der Waals surface area contributed by atoms with Crippen LogP contribution in [0.25, 0.3) is 0 Å². The number of rotatable bonds is 6. The second kappa shape index (κ2) is 8.35. The van der Waals surface area contributed by atoms with Gasteiger partial charge < -0.3 is 15.0 Å². The van der Waals surface area contributed by atoms with Gasteiger partial charge in [-0.25, -0.2) is 0 Å². The molecule has 0 aromatic carbocycles. The first-order valence-electron chi connectivity index (χ1n) is 8.71. The van der Waals surface area contributed by atoms with E-state index in [4.69, 9.17) is 4.74 Å². The molecule has 1 aliphatic carbocycles. The first-order chi connectivity index (χ1) is 9.72. The minimum atomic E-state index is 0.465. The van der Waals surface area contributed by atoms with Gasteiger partial charge in [-0.2, -0.15) is 0 Å². The van der Waals surface area contributed by atoms with E-state index in [-0.39, 0.29) is 0 Å². The van der Waals surface area contributed by atoms with Crippen molar-refractivity contribution in [2.24, 2.45) is 11.8 Å². The average Bonchev–Trinajstić information content (AvgIpc) is 2.47. The second-order valence-electron chi connectivity index (χ2n) is 7.00. The Labute approximate surface area is 125 Å². The Bertz CT molecular complexity index is 270. The molecule has 4 atom stereocenters. The van der Waals surface area contributed by atoms with Crippen molar-refractivity contribution >= 4 is 0 Å². The van der Waals surface area contributed by atoms with Gasteiger partial charge in [0.2, 0.25) is 0 Å². The number of likely N-dealkylation sites (tertiary alicyclic amines) is 1. The summed E-state index contributed by atoms with van der Waals surface area (Å²) in [7, 11) is 1.86. The Morgan fingerprint density at radius 1 is 1.25 bits per heavy atom. The monoisotopic (exact) mass is 282 g/mol. The number of ether oxygens (including phenoxy) is 1. The lowest BCUT2D eigenvalue weighted by Crippen LogP contribution is -2.48. The molecule has 0 aromatic heterocycles. The van der Waals surface area contributed by atoms with Crippen molar-refractivity contribution < 1.29 is 4.74 Å². The van der Waals surface area contributed by atoms with Gasteiger partial charge in [-0.15, -0.1) is 0 Å². The van der Waals surface area contributed by atoms with Gasteiger partial charge in [0.1, 0.15) is 0 Å². The predicted molar refractivity (Wildman–Crippen MR) is 85.1 cm³/mol. The van der Waals surface area contributed by atoms with Crippen LogP contribution in [0.2, 0.25) is 0 Å². The molecule has 3 heteroatoms. The third kappa shape index (κ3) is 4.71. The van der Waals surface area contributed by atoms with Crippen molar-refractivity contribution in [1.82, 2.24) is 10.2 Å². The van der Waals surface area contributed by atoms with Crippen LogP contribution >= 0.6 is 0 Å². The van der Waals surface area contributed by atoms with Crippen LogP contribution in [0.5, 0.6) is 0 Å². The molecule has 0 bridgehead atoms. The van der Waals surface area contributed by atoms with Crippen molar-refractivity contribution in [1.29, 1.82) is 0 Å². The fraction of sp³-hybridized carbons (Fsp3) is 1.00. The van der Waals surface area contributed by atoms with Crippen molar-refractivity contribution in [3.63, 3.8) is 0 Å². The molecule has 2 fully saturated rings. The maximum Gasteiger partial charge on any atom is 0.0698 e. The highest BCUT2D eigenvalue weighted by Crippen LogP contribution is 2.30. The summed E-state index contributed by atoms with van der Waals surface area (Å²) >= 11 is 0. The van der Waals surface area contributed by atoms with E-state index >= 15 is 0 Å². The lowest BCUT2D eigenvalue weighted by atomic mass is 9.78. The van der Waals surface area contributed by atoms with E-state index in [0.29, 0.717) is 6.10 Å². The Morgan fingerprint density at radius 2 is 2.10 bits per heavy atom. The first kappa shape index (κ1) is 16.3. The Hall–Kier alpha value is -0.120. The highest BCUT2D eigenvalue weighted by Gasteiger charge is 2.31. The minimum Gasteiger partial charge on any atom is -0.380 e. The molecule has 0 aromatic rings. The molecule has 1 aliphatic heterocycles. The number of piperidine rings is 1. The van der Waals surface area contributed by atoms with Crippen LogP contribution in [0.1, 0.15) is 52.4 Å². The van der Waals surface area contributed by atoms with Gasteiger partial charge in [-0.05, 0) is 63.5 Å². The molecule has 0 amide bonds. The molecule has 1 saturated carbocycles. The minimum absolute atomic E-state index is 0.465. The molecule has 1 heterocycles. The summed E-state index contributed by atoms with van der Waals surface area (Å²) < 4.78 is 5.57. The molecule has 1 saturated heterocycles. The van der Waals surface area contributed by atoms with Crippen LogP contribution in [0, 0.1) is 11.8 Å². The van der Waals surface area contributed by atoms with E-state index in [1.807, 2.05) is 7.11 Å². The fourth-order valence-corrected chi connectivity index (χ4v) is 4.00. The van der Waals surface area contributed by atoms with E-state index in [1.54, 1.807) is 0 Å². The number of nitrogens with one attached hydrogen (secondary N) is 1. The SMILES string of the molecule is CCCNC1CCC(C)CC1CN1CCCC(OC)C1. The standard InChI is InChI=1S/C17H34N2O/c1-4-9-18-17-8-7-14(2)11-15(17)12-19-10-5-6-16(13-19)20-3/h14-18H,4-13H2,1-3H3. The van der Waals surface area contributed by atoms with E-state index < -0.39 is 0 Å². The van der Waals surface area contributed by atoms with Crippen LogP contribution in [0.15, 0.2) is 0 Å². The van der Waals surface area contributed by atoms with Gasteiger partial charge in [-0.1, -0.05) is 13.8 Å². The van der Waals surface area contributed by atoms with Crippen molar-refractivity contribution in [2.75, 3.05) is 33.3 Å². The van der Waals surface area contributed by atoms with Crippen LogP contribution in [-0.2, 0) is 4.74 Å². The predicted octanol–water partition coefficient (Wildman–Crippen LogP) is 2.90. The van der Waals surface area contributed by atoms with Gasteiger partial charge in [0.05, 0.1) is 6.10 Å². The van der Waals surface area contributed by atoms with Crippen molar-refractivity contribution in [3.8, 4) is 0 Å². The molecule has 0 radical (unpaired) electrons. The Morgan fingerprint density at radius 3 is 2.85 bits per heavy atom. The summed E-state index contributed by atoms with van der Waals surface area (Å²) in [6.07, 6.45) is 8.42. The number of methoxy groups -OCH3 is 1. The van der Waals surface area contributed by atoms with Crippen molar-refractivity contribution in [3.05, 3.63) is 0 Å². The number of nitrogens with zero attached hydrogens (tertiary/aromatic N) is 1. The summed E-state index contributed by atoms with van der Waals surface area (Å²) in [6.45, 7) is 9.55. The number of hydrogen-bond acceptors (Lipinski definition) is 3. The summed E-state index contributed by atoms with van der Waals surface area (Å²) in [5.41, 5.74) is 0. The van der Waals surface area contributed by atoms with Crippen LogP contribution in [0.3, 0.4) is 0 Å². The molecule has 1 N–H and O–H groups in total. The second-order valence-corrected chi connectivity index (χ2v) is 7.00. The highest BCUT2D eigenvalue weighted by molar-refractivity contribution is 4.87. The quantitative estimate of drug-likeness (QED) is 0.811. The summed E-state index contributed by atoms with van der Waals surface area (Å²) in [4.78, 5) is 2.65. The molecule has 3 nitrogen and oxygen atoms in total. The topological polar surface area (TPSA) is 24.5 Å². The molecule has 4 unspecified atom stereocenters. The lowest BCUT2D eigenvalue weighted by molar-refractivity contribution is 0.0189. The smallest absolute Gasteiger partial charge is 0.0698 e. The van der Waals surface area contributed by atoms with Gasteiger partial charge >= 0.3 is 0 Å². The van der Waals surface area contributed by atoms with Crippen LogP contribution < -0.4 is 5.32 Å². The average molecular weight is 282 g/mol. The molecular weight excluding hydrogens is 248 g/mol. The fourth-order valence-electron chi connectivity index (χ4n) is 4.00. The number of hydrogen-bond donors (Lipinski definition) is 1. The van der Waals surface area contributed by atoms with Crippen LogP contribution in [0.4, 0.5) is 0 Å². The largest absolute Gasteiger partial charge is 0.380 e. The van der Waals surface area contributed by atoms with Gasteiger partial charge in [0.15, 0.2) is 0 Å². The zero-order valence-corrected chi connectivity index (χ0v) is 13.7. The maximum atomic E-state index is 5.57. The summed E-state index contributed by atoms with van der Waals surface area (Å²) in [6, 6.07) is 0.745. The third-order valence-electron chi connectivity index (χ3n) is 5.19. The lowest BCUT2D eigenvalue weighted by Gasteiger charge is -2.40. The molecule has 20 heavy (non-hydrogen) atoms. The van der Waals surface area contributed by atoms with Gasteiger partial charge in [0, 0.05) is 26.2 Å². The summed E-state index contributed by atoms with van der Waals surface area (Å²) in [5, 5.41) is 3.80. The zero-order valence-electron chi connectivity index (χ0n) is 13.7. The van der Waals surface area contributed by atoms with E-state index in [2.05, 4.69) is 24.1 Å². The zero-order chi connectivity index (χ0) is 14.4. The van der Waals surface area contributed by atoms with E-state index in [9.17, 15) is 0 Å². The summed E-state index contributed by atoms with van der Waals surface area (Å²) in [5.74, 6) is 1.74. The van der Waals surface area contributed by atoms with E-state index in [0.717, 1.165) is 24.4 Å². The molecule has 0 spiro atoms. The van der Waals surface area contributed by atoms with Gasteiger partial charge in [0.25, 0.3) is 0 Å². The molecular formula is C17H34N2O. The highest BCUT2D eigenvalue weighted by atomic mass is 16.5. The normalized spacial score (nSPS) is 36.1. The van der Waals surface area contributed by atoms with Gasteiger partial charge in [-0.3, -0.25) is 0 Å². The molecule has 2 rings (SSSR count).